The minimum Gasteiger partial charge on any atom is -0.357 e. The van der Waals surface area contributed by atoms with Crippen LogP contribution in [0.4, 0.5) is 5.82 Å². The van der Waals surface area contributed by atoms with E-state index in [9.17, 15) is 4.79 Å². The first kappa shape index (κ1) is 16.1. The quantitative estimate of drug-likeness (QED) is 0.908. The highest BCUT2D eigenvalue weighted by molar-refractivity contribution is 8.01. The predicted molar refractivity (Wildman–Crippen MR) is 89.7 cm³/mol. The molecular weight excluding hydrogens is 282 g/mol. The van der Waals surface area contributed by atoms with Gasteiger partial charge in [-0.15, -0.1) is 11.8 Å². The van der Waals surface area contributed by atoms with Crippen molar-refractivity contribution < 1.29 is 4.79 Å². The average Bonchev–Trinajstić information content (AvgIpc) is 2.97. The summed E-state index contributed by atoms with van der Waals surface area (Å²) >= 11 is 1.66. The Morgan fingerprint density at radius 3 is 2.62 bits per heavy atom. The van der Waals surface area contributed by atoms with Crippen molar-refractivity contribution in [2.75, 3.05) is 23.7 Å². The first-order valence-corrected chi connectivity index (χ1v) is 8.53. The van der Waals surface area contributed by atoms with Gasteiger partial charge in [-0.3, -0.25) is 4.79 Å². The van der Waals surface area contributed by atoms with E-state index in [0.717, 1.165) is 24.5 Å². The van der Waals surface area contributed by atoms with Crippen LogP contribution in [-0.2, 0) is 11.3 Å². The van der Waals surface area contributed by atoms with Crippen LogP contribution in [0.2, 0.25) is 0 Å². The molecule has 1 aliphatic heterocycles. The summed E-state index contributed by atoms with van der Waals surface area (Å²) in [7, 11) is 0. The van der Waals surface area contributed by atoms with Gasteiger partial charge in [0.1, 0.15) is 5.82 Å². The standard InChI is InChI=1S/C16H25N3OS/c1-16(2,3)21-12-15(20)18-11-13-6-7-14(17-10-13)19-8-4-5-9-19/h6-7,10H,4-5,8-9,11-12H2,1-3H3,(H,18,20). The molecule has 0 radical (unpaired) electrons. The van der Waals surface area contributed by atoms with Crippen LogP contribution in [0.3, 0.4) is 0 Å². The fourth-order valence-electron chi connectivity index (χ4n) is 2.19. The number of rotatable bonds is 5. The highest BCUT2D eigenvalue weighted by Crippen LogP contribution is 2.22. The van der Waals surface area contributed by atoms with Crippen molar-refractivity contribution >= 4 is 23.5 Å². The van der Waals surface area contributed by atoms with Crippen LogP contribution in [0.15, 0.2) is 18.3 Å². The molecule has 0 aliphatic carbocycles. The Bertz CT molecular complexity index is 461. The zero-order valence-electron chi connectivity index (χ0n) is 13.2. The summed E-state index contributed by atoms with van der Waals surface area (Å²) in [5.41, 5.74) is 1.05. The minimum atomic E-state index is 0.0820. The van der Waals surface area contributed by atoms with Crippen LogP contribution in [-0.4, -0.2) is 34.5 Å². The van der Waals surface area contributed by atoms with Crippen LogP contribution < -0.4 is 10.2 Å². The van der Waals surface area contributed by atoms with Gasteiger partial charge in [-0.1, -0.05) is 26.8 Å². The summed E-state index contributed by atoms with van der Waals surface area (Å²) < 4.78 is 0.121. The van der Waals surface area contributed by atoms with Gasteiger partial charge in [-0.25, -0.2) is 4.98 Å². The number of nitrogens with one attached hydrogen (secondary N) is 1. The lowest BCUT2D eigenvalue weighted by molar-refractivity contribution is -0.118. The van der Waals surface area contributed by atoms with Gasteiger partial charge in [0.2, 0.25) is 5.91 Å². The molecule has 116 valence electrons. The summed E-state index contributed by atoms with van der Waals surface area (Å²) in [6.45, 7) is 9.11. The Morgan fingerprint density at radius 1 is 1.33 bits per heavy atom. The molecule has 0 saturated carbocycles. The van der Waals surface area contributed by atoms with Crippen LogP contribution >= 0.6 is 11.8 Å². The molecule has 1 saturated heterocycles. The molecule has 0 atom stereocenters. The Balaban J connectivity index is 1.76. The van der Waals surface area contributed by atoms with Gasteiger partial charge in [0.25, 0.3) is 0 Å². The van der Waals surface area contributed by atoms with Gasteiger partial charge in [0.15, 0.2) is 0 Å². The molecule has 0 spiro atoms. The van der Waals surface area contributed by atoms with E-state index in [0.29, 0.717) is 12.3 Å². The molecule has 0 aromatic carbocycles. The zero-order valence-corrected chi connectivity index (χ0v) is 14.0. The van der Waals surface area contributed by atoms with Crippen molar-refractivity contribution in [1.29, 1.82) is 0 Å². The molecule has 4 nitrogen and oxygen atoms in total. The Kier molecular flexibility index (Phi) is 5.51. The minimum absolute atomic E-state index is 0.0820. The molecule has 1 aliphatic rings. The topological polar surface area (TPSA) is 45.2 Å². The second-order valence-corrected chi connectivity index (χ2v) is 8.20. The van der Waals surface area contributed by atoms with Gasteiger partial charge >= 0.3 is 0 Å². The molecular formula is C16H25N3OS. The second-order valence-electron chi connectivity index (χ2n) is 6.40. The molecule has 21 heavy (non-hydrogen) atoms. The lowest BCUT2D eigenvalue weighted by atomic mass is 10.2. The third-order valence-electron chi connectivity index (χ3n) is 3.37. The molecule has 0 bridgehead atoms. The van der Waals surface area contributed by atoms with Crippen LogP contribution in [0.5, 0.6) is 0 Å². The van der Waals surface area contributed by atoms with Crippen LogP contribution in [0.1, 0.15) is 39.2 Å². The van der Waals surface area contributed by atoms with E-state index >= 15 is 0 Å². The van der Waals surface area contributed by atoms with E-state index < -0.39 is 0 Å². The van der Waals surface area contributed by atoms with Crippen molar-refractivity contribution in [3.8, 4) is 0 Å². The van der Waals surface area contributed by atoms with Crippen molar-refractivity contribution in [1.82, 2.24) is 10.3 Å². The number of nitrogens with zero attached hydrogens (tertiary/aromatic N) is 2. The first-order chi connectivity index (χ1) is 9.94. The first-order valence-electron chi connectivity index (χ1n) is 7.54. The monoisotopic (exact) mass is 307 g/mol. The lowest BCUT2D eigenvalue weighted by Crippen LogP contribution is -2.26. The van der Waals surface area contributed by atoms with Gasteiger partial charge in [0.05, 0.1) is 5.75 Å². The number of amides is 1. The number of anilines is 1. The number of hydrogen-bond donors (Lipinski definition) is 1. The molecule has 5 heteroatoms. The highest BCUT2D eigenvalue weighted by Gasteiger charge is 2.14. The summed E-state index contributed by atoms with van der Waals surface area (Å²) in [4.78, 5) is 18.6. The summed E-state index contributed by atoms with van der Waals surface area (Å²) in [6.07, 6.45) is 4.38. The second kappa shape index (κ2) is 7.16. The molecule has 0 unspecified atom stereocenters. The van der Waals surface area contributed by atoms with Crippen molar-refractivity contribution in [3.05, 3.63) is 23.9 Å². The third kappa shape index (κ3) is 5.58. The maximum absolute atomic E-state index is 11.8. The van der Waals surface area contributed by atoms with E-state index in [1.807, 2.05) is 6.20 Å². The van der Waals surface area contributed by atoms with E-state index in [2.05, 4.69) is 48.1 Å². The number of hydrogen-bond acceptors (Lipinski definition) is 4. The largest absolute Gasteiger partial charge is 0.357 e. The Hall–Kier alpha value is -1.23. The van der Waals surface area contributed by atoms with Gasteiger partial charge in [0, 0.05) is 30.6 Å². The van der Waals surface area contributed by atoms with E-state index in [1.54, 1.807) is 11.8 Å². The molecule has 1 aromatic heterocycles. The van der Waals surface area contributed by atoms with Crippen molar-refractivity contribution in [2.24, 2.45) is 0 Å². The lowest BCUT2D eigenvalue weighted by Gasteiger charge is -2.17. The maximum Gasteiger partial charge on any atom is 0.230 e. The molecule has 1 amide bonds. The Labute approximate surface area is 131 Å². The number of aromatic nitrogens is 1. The fraction of sp³-hybridized carbons (Fsp3) is 0.625. The molecule has 1 fully saturated rings. The van der Waals surface area contributed by atoms with Gasteiger partial charge in [-0.05, 0) is 24.5 Å². The molecule has 2 rings (SSSR count). The number of carbonyl (C=O) groups excluding carboxylic acids is 1. The van der Waals surface area contributed by atoms with Crippen LogP contribution in [0, 0.1) is 0 Å². The molecule has 2 heterocycles. The number of thioether (sulfide) groups is 1. The maximum atomic E-state index is 11.8. The van der Waals surface area contributed by atoms with E-state index in [4.69, 9.17) is 0 Å². The van der Waals surface area contributed by atoms with Gasteiger partial charge < -0.3 is 10.2 Å². The zero-order chi connectivity index (χ0) is 15.3. The van der Waals surface area contributed by atoms with E-state index in [1.165, 1.54) is 12.8 Å². The number of pyridine rings is 1. The van der Waals surface area contributed by atoms with Crippen molar-refractivity contribution in [3.63, 3.8) is 0 Å². The molecule has 1 aromatic rings. The van der Waals surface area contributed by atoms with Crippen molar-refractivity contribution in [2.45, 2.75) is 44.9 Å². The smallest absolute Gasteiger partial charge is 0.230 e. The normalized spacial score (nSPS) is 15.3. The highest BCUT2D eigenvalue weighted by atomic mass is 32.2. The summed E-state index contributed by atoms with van der Waals surface area (Å²) in [6, 6.07) is 4.11. The van der Waals surface area contributed by atoms with Crippen LogP contribution in [0.25, 0.3) is 0 Å². The Morgan fingerprint density at radius 2 is 2.05 bits per heavy atom. The summed E-state index contributed by atoms with van der Waals surface area (Å²) in [5, 5.41) is 2.95. The molecule has 1 N–H and O–H groups in total. The predicted octanol–water partition coefficient (Wildman–Crippen LogP) is 2.83. The average molecular weight is 307 g/mol. The fourth-order valence-corrected chi connectivity index (χ4v) is 2.85. The van der Waals surface area contributed by atoms with E-state index in [-0.39, 0.29) is 10.7 Å². The summed E-state index contributed by atoms with van der Waals surface area (Å²) in [5.74, 6) is 1.63. The van der Waals surface area contributed by atoms with Gasteiger partial charge in [-0.2, -0.15) is 0 Å². The number of carbonyl (C=O) groups is 1. The third-order valence-corrected chi connectivity index (χ3v) is 4.64. The SMILES string of the molecule is CC(C)(C)SCC(=O)NCc1ccc(N2CCCC2)nc1.